The van der Waals surface area contributed by atoms with Crippen molar-refractivity contribution in [1.82, 2.24) is 14.9 Å². The number of piperidine rings is 1. The van der Waals surface area contributed by atoms with E-state index in [1.54, 1.807) is 24.3 Å². The number of alkyl halides is 3. The number of likely N-dealkylation sites (tertiary alicyclic amines) is 1. The van der Waals surface area contributed by atoms with Crippen LogP contribution in [0, 0.1) is 0 Å². The van der Waals surface area contributed by atoms with Crippen molar-refractivity contribution in [2.45, 2.75) is 25.1 Å². The summed E-state index contributed by atoms with van der Waals surface area (Å²) >= 11 is 6.07. The van der Waals surface area contributed by atoms with E-state index in [1.807, 2.05) is 7.05 Å². The number of anilines is 2. The second-order valence-electron chi connectivity index (χ2n) is 7.68. The number of carbonyl (C=O) groups excluding carboxylic acids is 1. The molecule has 0 bridgehead atoms. The van der Waals surface area contributed by atoms with Gasteiger partial charge in [-0.15, -0.1) is 0 Å². The Balaban J connectivity index is 1.75. The Kier molecular flexibility index (Phi) is 6.57. The predicted octanol–water partition coefficient (Wildman–Crippen LogP) is 4.97. The van der Waals surface area contributed by atoms with Crippen molar-refractivity contribution in [2.75, 3.05) is 25.5 Å². The molecule has 33 heavy (non-hydrogen) atoms. The maximum Gasteiger partial charge on any atom is 0.491 e. The molecule has 1 aliphatic rings. The number of nitrogens with one attached hydrogen (secondary N) is 1. The first-order valence-corrected chi connectivity index (χ1v) is 10.5. The van der Waals surface area contributed by atoms with E-state index in [-0.39, 0.29) is 23.1 Å². The van der Waals surface area contributed by atoms with Crippen molar-refractivity contribution < 1.29 is 27.4 Å². The molecule has 1 aliphatic heterocycles. The van der Waals surface area contributed by atoms with Crippen LogP contribution in [0.15, 0.2) is 42.7 Å². The van der Waals surface area contributed by atoms with Gasteiger partial charge >= 0.3 is 12.1 Å². The van der Waals surface area contributed by atoms with Crippen LogP contribution in [-0.2, 0) is 4.79 Å². The van der Waals surface area contributed by atoms with Gasteiger partial charge in [-0.2, -0.15) is 13.2 Å². The van der Waals surface area contributed by atoms with Crippen LogP contribution < -0.4 is 14.8 Å². The summed E-state index contributed by atoms with van der Waals surface area (Å²) in [5.74, 6) is -2.05. The highest BCUT2D eigenvalue weighted by atomic mass is 35.5. The summed E-state index contributed by atoms with van der Waals surface area (Å²) in [5, 5.41) is 4.11. The third-order valence-corrected chi connectivity index (χ3v) is 5.40. The van der Waals surface area contributed by atoms with Crippen LogP contribution in [0.2, 0.25) is 5.02 Å². The molecule has 1 aromatic heterocycles. The Morgan fingerprint density at radius 3 is 2.64 bits per heavy atom. The highest BCUT2D eigenvalue weighted by Crippen LogP contribution is 2.37. The van der Waals surface area contributed by atoms with Gasteiger partial charge in [0.05, 0.1) is 10.9 Å². The van der Waals surface area contributed by atoms with Crippen molar-refractivity contribution >= 4 is 40.0 Å². The lowest BCUT2D eigenvalue weighted by Gasteiger charge is -2.29. The third-order valence-electron chi connectivity index (χ3n) is 5.16. The number of aromatic nitrogens is 2. The normalized spacial score (nSPS) is 15.4. The minimum atomic E-state index is -5.13. The Morgan fingerprint density at radius 2 is 1.94 bits per heavy atom. The molecule has 0 radical (unpaired) electrons. The summed E-state index contributed by atoms with van der Waals surface area (Å²) in [4.78, 5) is 22.0. The van der Waals surface area contributed by atoms with Gasteiger partial charge in [0.25, 0.3) is 0 Å². The second kappa shape index (κ2) is 9.40. The zero-order chi connectivity index (χ0) is 23.6. The van der Waals surface area contributed by atoms with Crippen LogP contribution >= 0.6 is 11.6 Å². The molecule has 1 N–H and O–H groups in total. The molecule has 0 aliphatic carbocycles. The topological polar surface area (TPSA) is 76.6 Å². The molecule has 7 nitrogen and oxygen atoms in total. The molecular weight excluding hydrogens is 461 g/mol. The number of fused-ring (bicyclic) bond motifs is 1. The first-order valence-electron chi connectivity index (χ1n) is 10.1. The zero-order valence-electron chi connectivity index (χ0n) is 17.5. The fourth-order valence-corrected chi connectivity index (χ4v) is 3.72. The van der Waals surface area contributed by atoms with E-state index in [2.05, 4.69) is 24.9 Å². The van der Waals surface area contributed by atoms with Crippen molar-refractivity contribution in [2.24, 2.45) is 0 Å². The Hall–Kier alpha value is -3.11. The lowest BCUT2D eigenvalue weighted by molar-refractivity contribution is -0.189. The smallest absolute Gasteiger partial charge is 0.489 e. The molecule has 0 unspecified atom stereocenters. The first kappa shape index (κ1) is 23.1. The molecule has 11 heteroatoms. The Bertz CT molecular complexity index is 1170. The van der Waals surface area contributed by atoms with E-state index in [9.17, 15) is 18.0 Å². The molecule has 0 saturated carbocycles. The zero-order valence-corrected chi connectivity index (χ0v) is 18.3. The summed E-state index contributed by atoms with van der Waals surface area (Å²) in [5.41, 5.74) is 0.908. The summed E-state index contributed by atoms with van der Waals surface area (Å²) in [7, 11) is 2.00. The number of esters is 1. The first-order chi connectivity index (χ1) is 15.7. The molecule has 1 saturated heterocycles. The Labute approximate surface area is 192 Å². The van der Waals surface area contributed by atoms with Gasteiger partial charge in [0.2, 0.25) is 0 Å². The lowest BCUT2D eigenvalue weighted by atomic mass is 10.1. The number of benzene rings is 2. The maximum absolute atomic E-state index is 12.7. The van der Waals surface area contributed by atoms with Gasteiger partial charge in [-0.25, -0.2) is 14.8 Å². The second-order valence-corrected chi connectivity index (χ2v) is 8.12. The fourth-order valence-electron chi connectivity index (χ4n) is 3.53. The van der Waals surface area contributed by atoms with Gasteiger partial charge in [0.15, 0.2) is 0 Å². The van der Waals surface area contributed by atoms with Crippen LogP contribution in [0.25, 0.3) is 10.9 Å². The van der Waals surface area contributed by atoms with Gasteiger partial charge < -0.3 is 19.7 Å². The molecule has 2 aromatic carbocycles. The summed E-state index contributed by atoms with van der Waals surface area (Å²) in [6, 6.07) is 9.48. The highest BCUT2D eigenvalue weighted by molar-refractivity contribution is 6.30. The SMILES string of the molecule is CN1CCC(Oc2cc(OC(=O)C(F)(F)F)cc3ncnc(Nc4cccc(Cl)c4)c23)CC1. The number of ether oxygens (including phenoxy) is 2. The summed E-state index contributed by atoms with van der Waals surface area (Å²) in [6.07, 6.45) is -2.58. The van der Waals surface area contributed by atoms with Crippen LogP contribution in [0.1, 0.15) is 12.8 Å². The monoisotopic (exact) mass is 480 g/mol. The maximum atomic E-state index is 12.7. The van der Waals surface area contributed by atoms with Gasteiger partial charge in [0, 0.05) is 35.9 Å². The van der Waals surface area contributed by atoms with Crippen LogP contribution in [0.3, 0.4) is 0 Å². The van der Waals surface area contributed by atoms with E-state index in [4.69, 9.17) is 16.3 Å². The molecule has 1 fully saturated rings. The number of carbonyl (C=O) groups is 1. The minimum absolute atomic E-state index is 0.169. The molecule has 174 valence electrons. The van der Waals surface area contributed by atoms with Gasteiger partial charge in [0.1, 0.15) is 29.7 Å². The molecule has 2 heterocycles. The number of halogens is 4. The average molecular weight is 481 g/mol. The van der Waals surface area contributed by atoms with Gasteiger partial charge in [-0.3, -0.25) is 0 Å². The number of hydrogen-bond donors (Lipinski definition) is 1. The van der Waals surface area contributed by atoms with Crippen molar-refractivity contribution in [1.29, 1.82) is 0 Å². The number of hydrogen-bond acceptors (Lipinski definition) is 7. The summed E-state index contributed by atoms with van der Waals surface area (Å²) in [6.45, 7) is 1.63. The van der Waals surface area contributed by atoms with Crippen LogP contribution in [0.4, 0.5) is 24.7 Å². The quantitative estimate of drug-likeness (QED) is 0.408. The number of rotatable bonds is 5. The molecule has 0 spiro atoms. The minimum Gasteiger partial charge on any atom is -0.489 e. The molecule has 4 rings (SSSR count). The van der Waals surface area contributed by atoms with Crippen molar-refractivity contribution in [3.63, 3.8) is 0 Å². The molecule has 3 aromatic rings. The molecule has 0 amide bonds. The molecular formula is C22H20ClF3N4O3. The Morgan fingerprint density at radius 1 is 1.18 bits per heavy atom. The van der Waals surface area contributed by atoms with E-state index in [0.717, 1.165) is 25.9 Å². The average Bonchev–Trinajstić information content (AvgIpc) is 2.75. The van der Waals surface area contributed by atoms with E-state index in [0.29, 0.717) is 21.9 Å². The number of nitrogens with zero attached hydrogens (tertiary/aromatic N) is 3. The fraction of sp³-hybridized carbons (Fsp3) is 0.318. The third kappa shape index (κ3) is 5.63. The largest absolute Gasteiger partial charge is 0.491 e. The van der Waals surface area contributed by atoms with E-state index in [1.165, 1.54) is 18.5 Å². The summed E-state index contributed by atoms with van der Waals surface area (Å²) < 4.78 is 49.0. The van der Waals surface area contributed by atoms with Crippen molar-refractivity contribution in [3.05, 3.63) is 47.7 Å². The van der Waals surface area contributed by atoms with Crippen molar-refractivity contribution in [3.8, 4) is 11.5 Å². The predicted molar refractivity (Wildman–Crippen MR) is 117 cm³/mol. The standard InChI is InChI=1S/C22H20ClF3N4O3/c1-30-7-5-15(6-8-30)32-18-11-16(33-21(31)22(24,25)26)10-17-19(18)20(28-12-27-17)29-14-4-2-3-13(23)9-14/h2-4,9-12,15H,5-8H2,1H3,(H,27,28,29). The van der Waals surface area contributed by atoms with Gasteiger partial charge in [-0.05, 0) is 38.1 Å². The van der Waals surface area contributed by atoms with Gasteiger partial charge in [-0.1, -0.05) is 17.7 Å². The molecule has 0 atom stereocenters. The lowest BCUT2D eigenvalue weighted by Crippen LogP contribution is -2.35. The van der Waals surface area contributed by atoms with Crippen LogP contribution in [-0.4, -0.2) is 53.3 Å². The van der Waals surface area contributed by atoms with E-state index < -0.39 is 12.1 Å². The van der Waals surface area contributed by atoms with Crippen LogP contribution in [0.5, 0.6) is 11.5 Å². The van der Waals surface area contributed by atoms with E-state index >= 15 is 0 Å². The highest BCUT2D eigenvalue weighted by Gasteiger charge is 2.41.